The Bertz CT molecular complexity index is 374. The maximum atomic E-state index is 12.1. The van der Waals surface area contributed by atoms with Crippen molar-refractivity contribution in [3.05, 3.63) is 0 Å². The predicted molar refractivity (Wildman–Crippen MR) is 75.5 cm³/mol. The number of fused-ring (bicyclic) bond motifs is 1. The van der Waals surface area contributed by atoms with Crippen molar-refractivity contribution in [2.45, 2.75) is 76.0 Å². The molecular formula is C14H26O4Si. The molecule has 3 atom stereocenters. The minimum Gasteiger partial charge on any atom is -0.467 e. The average molecular weight is 286 g/mol. The molecule has 110 valence electrons. The van der Waals surface area contributed by atoms with Gasteiger partial charge in [0.15, 0.2) is 8.32 Å². The van der Waals surface area contributed by atoms with Crippen molar-refractivity contribution < 1.29 is 18.7 Å². The number of esters is 1. The summed E-state index contributed by atoms with van der Waals surface area (Å²) >= 11 is 0. The fourth-order valence-corrected chi connectivity index (χ4v) is 3.97. The Morgan fingerprint density at radius 3 is 2.47 bits per heavy atom. The highest BCUT2D eigenvalue weighted by Gasteiger charge is 2.70. The number of epoxide rings is 1. The molecule has 1 saturated heterocycles. The molecule has 0 spiro atoms. The zero-order valence-corrected chi connectivity index (χ0v) is 13.9. The molecule has 0 aromatic carbocycles. The van der Waals surface area contributed by atoms with Crippen LogP contribution in [0.25, 0.3) is 0 Å². The van der Waals surface area contributed by atoms with Crippen LogP contribution >= 0.6 is 0 Å². The maximum Gasteiger partial charge on any atom is 0.343 e. The summed E-state index contributed by atoms with van der Waals surface area (Å²) in [6.07, 6.45) is 2.75. The molecule has 4 nitrogen and oxygen atoms in total. The molecular weight excluding hydrogens is 260 g/mol. The number of carbonyl (C=O) groups excluding carboxylic acids is 1. The molecule has 0 N–H and O–H groups in total. The van der Waals surface area contributed by atoms with Gasteiger partial charge in [-0.3, -0.25) is 0 Å². The Kier molecular flexibility index (Phi) is 3.61. The molecule has 1 heterocycles. The van der Waals surface area contributed by atoms with Crippen LogP contribution in [-0.4, -0.2) is 39.2 Å². The van der Waals surface area contributed by atoms with Gasteiger partial charge in [-0.2, -0.15) is 0 Å². The van der Waals surface area contributed by atoms with Crippen LogP contribution in [0.15, 0.2) is 0 Å². The number of hydrogen-bond donors (Lipinski definition) is 0. The molecule has 0 aromatic heterocycles. The summed E-state index contributed by atoms with van der Waals surface area (Å²) in [6.45, 7) is 11.0. The first-order chi connectivity index (χ1) is 8.65. The third kappa shape index (κ3) is 2.36. The molecule has 0 aromatic rings. The van der Waals surface area contributed by atoms with Crippen LogP contribution in [0.3, 0.4) is 0 Å². The van der Waals surface area contributed by atoms with E-state index in [1.807, 2.05) is 0 Å². The molecule has 0 amide bonds. The van der Waals surface area contributed by atoms with E-state index >= 15 is 0 Å². The van der Waals surface area contributed by atoms with Gasteiger partial charge >= 0.3 is 5.97 Å². The predicted octanol–water partition coefficient (Wildman–Crippen LogP) is 2.87. The van der Waals surface area contributed by atoms with Crippen LogP contribution in [0.2, 0.25) is 18.1 Å². The molecule has 0 unspecified atom stereocenters. The fourth-order valence-electron chi connectivity index (χ4n) is 2.61. The summed E-state index contributed by atoms with van der Waals surface area (Å²) in [5.41, 5.74) is -0.803. The number of ether oxygens (including phenoxy) is 2. The highest BCUT2D eigenvalue weighted by Crippen LogP contribution is 2.52. The van der Waals surface area contributed by atoms with Crippen molar-refractivity contribution in [3.63, 3.8) is 0 Å². The lowest BCUT2D eigenvalue weighted by atomic mass is 9.86. The van der Waals surface area contributed by atoms with E-state index in [2.05, 4.69) is 33.9 Å². The lowest BCUT2D eigenvalue weighted by Crippen LogP contribution is -2.52. The van der Waals surface area contributed by atoms with E-state index < -0.39 is 13.9 Å². The maximum absolute atomic E-state index is 12.1. The van der Waals surface area contributed by atoms with E-state index in [0.29, 0.717) is 0 Å². The second-order valence-electron chi connectivity index (χ2n) is 7.19. The quantitative estimate of drug-likeness (QED) is 0.455. The fraction of sp³-hybridized carbons (Fsp3) is 0.929. The second kappa shape index (κ2) is 4.57. The van der Waals surface area contributed by atoms with Crippen molar-refractivity contribution >= 4 is 14.3 Å². The summed E-state index contributed by atoms with van der Waals surface area (Å²) in [5.74, 6) is -0.263. The van der Waals surface area contributed by atoms with Crippen LogP contribution < -0.4 is 0 Å². The zero-order chi connectivity index (χ0) is 14.5. The number of carbonyl (C=O) groups is 1. The lowest BCUT2D eigenvalue weighted by Gasteiger charge is -2.41. The van der Waals surface area contributed by atoms with Crippen molar-refractivity contribution in [1.82, 2.24) is 0 Å². The third-order valence-electron chi connectivity index (χ3n) is 4.92. The highest BCUT2D eigenvalue weighted by atomic mass is 28.4. The van der Waals surface area contributed by atoms with E-state index in [-0.39, 0.29) is 23.2 Å². The van der Waals surface area contributed by atoms with Crippen molar-refractivity contribution in [2.24, 2.45) is 0 Å². The Morgan fingerprint density at radius 2 is 1.95 bits per heavy atom. The van der Waals surface area contributed by atoms with Gasteiger partial charge in [0, 0.05) is 0 Å². The van der Waals surface area contributed by atoms with Crippen LogP contribution in [0, 0.1) is 0 Å². The molecule has 2 aliphatic rings. The van der Waals surface area contributed by atoms with Gasteiger partial charge in [0.1, 0.15) is 6.10 Å². The molecule has 1 saturated carbocycles. The molecule has 2 rings (SSSR count). The summed E-state index contributed by atoms with van der Waals surface area (Å²) in [6, 6.07) is 0. The van der Waals surface area contributed by atoms with Crippen LogP contribution in [-0.2, 0) is 18.7 Å². The topological polar surface area (TPSA) is 48.1 Å². The van der Waals surface area contributed by atoms with Gasteiger partial charge in [0.05, 0.1) is 13.2 Å². The van der Waals surface area contributed by atoms with E-state index in [9.17, 15) is 4.79 Å². The van der Waals surface area contributed by atoms with Crippen molar-refractivity contribution in [1.29, 1.82) is 0 Å². The molecule has 5 heteroatoms. The van der Waals surface area contributed by atoms with Crippen molar-refractivity contribution in [2.75, 3.05) is 7.11 Å². The molecule has 1 aliphatic heterocycles. The van der Waals surface area contributed by atoms with Gasteiger partial charge < -0.3 is 13.9 Å². The number of rotatable bonds is 3. The monoisotopic (exact) mass is 286 g/mol. The van der Waals surface area contributed by atoms with E-state index in [1.54, 1.807) is 0 Å². The SMILES string of the molecule is COC(=O)[C@]12O[C@H]1CCC[C@@H]2O[Si](C)(C)C(C)(C)C. The summed E-state index contributed by atoms with van der Waals surface area (Å²) in [4.78, 5) is 12.1. The van der Waals surface area contributed by atoms with E-state index in [1.165, 1.54) is 7.11 Å². The van der Waals surface area contributed by atoms with E-state index in [4.69, 9.17) is 13.9 Å². The molecule has 0 radical (unpaired) electrons. The Balaban J connectivity index is 2.17. The molecule has 2 fully saturated rings. The van der Waals surface area contributed by atoms with Gasteiger partial charge in [-0.05, 0) is 37.4 Å². The summed E-state index contributed by atoms with van der Waals surface area (Å²) in [5, 5.41) is 0.131. The minimum absolute atomic E-state index is 0.00321. The Labute approximate surface area is 116 Å². The first-order valence-corrected chi connectivity index (χ1v) is 10.00. The third-order valence-corrected chi connectivity index (χ3v) is 9.40. The van der Waals surface area contributed by atoms with Crippen LogP contribution in [0.5, 0.6) is 0 Å². The lowest BCUT2D eigenvalue weighted by molar-refractivity contribution is -0.151. The normalized spacial score (nSPS) is 34.6. The standard InChI is InChI=1S/C14H26O4Si/c1-13(2,3)19(5,6)18-11-9-7-8-10-14(11,17-10)12(15)16-4/h10-11H,7-9H2,1-6H3/t10-,11-,14-/m0/s1. The largest absolute Gasteiger partial charge is 0.467 e. The van der Waals surface area contributed by atoms with Crippen LogP contribution in [0.1, 0.15) is 40.0 Å². The number of hydrogen-bond acceptors (Lipinski definition) is 4. The smallest absolute Gasteiger partial charge is 0.343 e. The number of methoxy groups -OCH3 is 1. The summed E-state index contributed by atoms with van der Waals surface area (Å²) in [7, 11) is -0.476. The minimum atomic E-state index is -1.90. The van der Waals surface area contributed by atoms with Gasteiger partial charge in [-0.1, -0.05) is 20.8 Å². The van der Waals surface area contributed by atoms with Crippen LogP contribution in [0.4, 0.5) is 0 Å². The first kappa shape index (κ1) is 15.0. The zero-order valence-electron chi connectivity index (χ0n) is 12.9. The van der Waals surface area contributed by atoms with Gasteiger partial charge in [-0.25, -0.2) is 4.79 Å². The van der Waals surface area contributed by atoms with Gasteiger partial charge in [0.25, 0.3) is 0 Å². The Hall–Kier alpha value is -0.393. The molecule has 1 aliphatic carbocycles. The molecule has 0 bridgehead atoms. The Morgan fingerprint density at radius 1 is 1.32 bits per heavy atom. The average Bonchev–Trinajstić information content (AvgIpc) is 3.03. The molecule has 19 heavy (non-hydrogen) atoms. The highest BCUT2D eigenvalue weighted by molar-refractivity contribution is 6.74. The van der Waals surface area contributed by atoms with Crippen molar-refractivity contribution in [3.8, 4) is 0 Å². The summed E-state index contributed by atoms with van der Waals surface area (Å²) < 4.78 is 17.1. The second-order valence-corrected chi connectivity index (χ2v) is 11.9. The first-order valence-electron chi connectivity index (χ1n) is 7.09. The van der Waals surface area contributed by atoms with E-state index in [0.717, 1.165) is 19.3 Å². The van der Waals surface area contributed by atoms with Gasteiger partial charge in [0.2, 0.25) is 5.60 Å². The van der Waals surface area contributed by atoms with Gasteiger partial charge in [-0.15, -0.1) is 0 Å².